The van der Waals surface area contributed by atoms with Crippen molar-refractivity contribution in [2.45, 2.75) is 6.61 Å². The van der Waals surface area contributed by atoms with Gasteiger partial charge in [-0.3, -0.25) is 9.59 Å². The zero-order valence-corrected chi connectivity index (χ0v) is 11.4. The van der Waals surface area contributed by atoms with Gasteiger partial charge in [0.15, 0.2) is 11.5 Å². The zero-order valence-electron chi connectivity index (χ0n) is 10.6. The molecular weight excluding hydrogens is 312 g/mol. The van der Waals surface area contributed by atoms with Gasteiger partial charge in [0.1, 0.15) is 0 Å². The van der Waals surface area contributed by atoms with E-state index in [1.807, 2.05) is 5.43 Å². The fraction of sp³-hybridized carbons (Fsp3) is 0.182. The molecule has 114 valence electrons. The lowest BCUT2D eigenvalue weighted by Crippen LogP contribution is -2.32. The van der Waals surface area contributed by atoms with E-state index in [0.29, 0.717) is 5.56 Å². The average Bonchev–Trinajstić information content (AvgIpc) is 2.40. The largest absolute Gasteiger partial charge is 0.493 e. The molecule has 1 rings (SSSR count). The van der Waals surface area contributed by atoms with E-state index in [1.165, 1.54) is 19.2 Å². The molecule has 1 aromatic carbocycles. The van der Waals surface area contributed by atoms with Gasteiger partial charge >= 0.3 is 18.4 Å². The minimum atomic E-state index is -3.06. The van der Waals surface area contributed by atoms with Crippen molar-refractivity contribution in [2.75, 3.05) is 7.11 Å². The van der Waals surface area contributed by atoms with Gasteiger partial charge in [-0.05, 0) is 17.7 Å². The summed E-state index contributed by atoms with van der Waals surface area (Å²) in [6.07, 6.45) is 1.11. The Kier molecular flexibility index (Phi) is 5.85. The van der Waals surface area contributed by atoms with Crippen LogP contribution in [0.25, 0.3) is 0 Å². The van der Waals surface area contributed by atoms with Crippen molar-refractivity contribution >= 4 is 29.6 Å². The second kappa shape index (κ2) is 7.39. The van der Waals surface area contributed by atoms with Gasteiger partial charge < -0.3 is 15.2 Å². The zero-order chi connectivity index (χ0) is 16.0. The fourth-order valence-corrected chi connectivity index (χ4v) is 1.50. The number of hydrogen-bond acceptors (Lipinski definition) is 5. The Morgan fingerprint density at radius 2 is 2.14 bits per heavy atom. The van der Waals surface area contributed by atoms with Crippen molar-refractivity contribution < 1.29 is 27.8 Å². The van der Waals surface area contributed by atoms with Crippen molar-refractivity contribution in [3.05, 3.63) is 22.7 Å². The van der Waals surface area contributed by atoms with E-state index in [1.54, 1.807) is 0 Å². The van der Waals surface area contributed by atoms with E-state index in [2.05, 4.69) is 9.84 Å². The van der Waals surface area contributed by atoms with Gasteiger partial charge in [-0.25, -0.2) is 5.43 Å². The van der Waals surface area contributed by atoms with Gasteiger partial charge in [-0.2, -0.15) is 13.9 Å². The second-order valence-corrected chi connectivity index (χ2v) is 3.88. The van der Waals surface area contributed by atoms with Crippen LogP contribution in [-0.2, 0) is 9.59 Å². The molecule has 0 bridgehead atoms. The first-order valence-corrected chi connectivity index (χ1v) is 5.68. The highest BCUT2D eigenvalue weighted by Gasteiger charge is 2.15. The highest BCUT2D eigenvalue weighted by molar-refractivity contribution is 6.34. The molecule has 21 heavy (non-hydrogen) atoms. The first kappa shape index (κ1) is 16.6. The van der Waals surface area contributed by atoms with Crippen molar-refractivity contribution in [1.82, 2.24) is 5.43 Å². The topological polar surface area (TPSA) is 103 Å². The van der Waals surface area contributed by atoms with E-state index < -0.39 is 18.4 Å². The number of nitrogens with two attached hydrogens (primary N) is 1. The predicted molar refractivity (Wildman–Crippen MR) is 69.6 cm³/mol. The summed E-state index contributed by atoms with van der Waals surface area (Å²) >= 11 is 5.79. The summed E-state index contributed by atoms with van der Waals surface area (Å²) in [6, 6.07) is 2.55. The number of benzene rings is 1. The van der Waals surface area contributed by atoms with Crippen LogP contribution in [0, 0.1) is 0 Å². The van der Waals surface area contributed by atoms with E-state index in [9.17, 15) is 18.4 Å². The van der Waals surface area contributed by atoms with Gasteiger partial charge in [0.2, 0.25) is 0 Å². The number of hydrazone groups is 1. The first-order chi connectivity index (χ1) is 9.85. The molecule has 10 heteroatoms. The van der Waals surface area contributed by atoms with Gasteiger partial charge in [-0.15, -0.1) is 0 Å². The number of carbonyl (C=O) groups is 2. The van der Waals surface area contributed by atoms with Gasteiger partial charge in [0, 0.05) is 0 Å². The molecule has 0 unspecified atom stereocenters. The summed E-state index contributed by atoms with van der Waals surface area (Å²) < 4.78 is 33.6. The molecule has 2 amide bonds. The van der Waals surface area contributed by atoms with Crippen LogP contribution in [-0.4, -0.2) is 31.8 Å². The van der Waals surface area contributed by atoms with Crippen LogP contribution in [0.1, 0.15) is 5.56 Å². The number of hydrogen-bond donors (Lipinski definition) is 2. The van der Waals surface area contributed by atoms with Crippen LogP contribution < -0.4 is 20.6 Å². The Balaban J connectivity index is 2.95. The fourth-order valence-electron chi connectivity index (χ4n) is 1.24. The molecule has 0 atom stereocenters. The molecule has 0 saturated heterocycles. The number of primary amides is 1. The van der Waals surface area contributed by atoms with Crippen molar-refractivity contribution in [1.29, 1.82) is 0 Å². The number of rotatable bonds is 5. The smallest absolute Gasteiger partial charge is 0.387 e. The number of amides is 2. The Hall–Kier alpha value is -2.42. The minimum absolute atomic E-state index is 0.0505. The van der Waals surface area contributed by atoms with Crippen molar-refractivity contribution in [2.24, 2.45) is 10.8 Å². The third-order valence-electron chi connectivity index (χ3n) is 2.06. The van der Waals surface area contributed by atoms with Gasteiger partial charge in [-0.1, -0.05) is 11.6 Å². The lowest BCUT2D eigenvalue weighted by Gasteiger charge is -2.12. The molecule has 0 spiro atoms. The number of carbonyl (C=O) groups excluding carboxylic acids is 2. The maximum atomic E-state index is 12.2. The molecule has 7 nitrogen and oxygen atoms in total. The molecule has 0 aliphatic heterocycles. The monoisotopic (exact) mass is 321 g/mol. The molecule has 0 fully saturated rings. The normalized spacial score (nSPS) is 10.7. The summed E-state index contributed by atoms with van der Waals surface area (Å²) in [5.41, 5.74) is 6.86. The van der Waals surface area contributed by atoms with Crippen LogP contribution >= 0.6 is 11.6 Å². The molecule has 0 radical (unpaired) electrons. The van der Waals surface area contributed by atoms with E-state index in [0.717, 1.165) is 6.21 Å². The molecule has 0 heterocycles. The van der Waals surface area contributed by atoms with Gasteiger partial charge in [0.25, 0.3) is 0 Å². The van der Waals surface area contributed by atoms with Crippen molar-refractivity contribution in [3.8, 4) is 11.5 Å². The SMILES string of the molecule is COc1cc(/C=N\NC(=O)C(N)=O)cc(Cl)c1OC(F)F. The van der Waals surface area contributed by atoms with Crippen molar-refractivity contribution in [3.63, 3.8) is 0 Å². The first-order valence-electron chi connectivity index (χ1n) is 5.30. The molecule has 0 saturated carbocycles. The van der Waals surface area contributed by atoms with E-state index >= 15 is 0 Å². The van der Waals surface area contributed by atoms with E-state index in [4.69, 9.17) is 22.1 Å². The highest BCUT2D eigenvalue weighted by atomic mass is 35.5. The molecule has 0 aliphatic carbocycles. The van der Waals surface area contributed by atoms with Gasteiger partial charge in [0.05, 0.1) is 18.3 Å². The average molecular weight is 322 g/mol. The number of ether oxygens (including phenoxy) is 2. The Bertz CT molecular complexity index is 581. The lowest BCUT2D eigenvalue weighted by atomic mass is 10.2. The van der Waals surface area contributed by atoms with E-state index in [-0.39, 0.29) is 16.5 Å². The summed E-state index contributed by atoms with van der Waals surface area (Å²) in [5, 5.41) is 3.30. The van der Waals surface area contributed by atoms with Crippen LogP contribution in [0.5, 0.6) is 11.5 Å². The Labute approximate surface area is 122 Å². The number of nitrogens with zero attached hydrogens (tertiary/aromatic N) is 1. The van der Waals surface area contributed by atoms with Crippen LogP contribution in [0.15, 0.2) is 17.2 Å². The van der Waals surface area contributed by atoms with Crippen LogP contribution in [0.4, 0.5) is 8.78 Å². The predicted octanol–water partition coefficient (Wildman–Crippen LogP) is 0.885. The van der Waals surface area contributed by atoms with Crippen LogP contribution in [0.3, 0.4) is 0 Å². The maximum Gasteiger partial charge on any atom is 0.387 e. The molecule has 0 aromatic heterocycles. The summed E-state index contributed by atoms with van der Waals surface area (Å²) in [7, 11) is 1.24. The second-order valence-electron chi connectivity index (χ2n) is 3.48. The minimum Gasteiger partial charge on any atom is -0.493 e. The third kappa shape index (κ3) is 4.88. The number of halogens is 3. The Morgan fingerprint density at radius 1 is 1.48 bits per heavy atom. The molecule has 3 N–H and O–H groups in total. The quantitative estimate of drug-likeness (QED) is 0.477. The number of nitrogens with one attached hydrogen (secondary N) is 1. The summed E-state index contributed by atoms with van der Waals surface area (Å²) in [4.78, 5) is 21.3. The number of methoxy groups -OCH3 is 1. The lowest BCUT2D eigenvalue weighted by molar-refractivity contribution is -0.137. The maximum absolute atomic E-state index is 12.2. The molecular formula is C11H10ClF2N3O4. The summed E-state index contributed by atoms with van der Waals surface area (Å²) in [6.45, 7) is -3.06. The highest BCUT2D eigenvalue weighted by Crippen LogP contribution is 2.36. The molecule has 1 aromatic rings. The Morgan fingerprint density at radius 3 is 2.67 bits per heavy atom. The molecule has 0 aliphatic rings. The number of alkyl halides is 2. The van der Waals surface area contributed by atoms with Crippen LogP contribution in [0.2, 0.25) is 5.02 Å². The summed E-state index contributed by atoms with van der Waals surface area (Å²) in [5.74, 6) is -2.69. The third-order valence-corrected chi connectivity index (χ3v) is 2.34. The standard InChI is InChI=1S/C11H10ClF2N3O4/c1-20-7-3-5(4-16-17-10(19)9(15)18)2-6(12)8(7)21-11(13)14/h2-4,11H,1H3,(H2,15,18)(H,17,19)/b16-4-.